The second-order valence-electron chi connectivity index (χ2n) is 3.68. The molecule has 0 aromatic heterocycles. The first kappa shape index (κ1) is 11.3. The lowest BCUT2D eigenvalue weighted by atomic mass is 9.88. The van der Waals surface area contributed by atoms with Crippen molar-refractivity contribution in [2.45, 2.75) is 6.54 Å². The maximum absolute atomic E-state index is 12.7. The van der Waals surface area contributed by atoms with Crippen LogP contribution >= 0.6 is 0 Å². The van der Waals surface area contributed by atoms with Crippen LogP contribution in [0, 0.1) is 5.82 Å². The Balaban J connectivity index is 1.96. The Morgan fingerprint density at radius 2 is 1.65 bits per heavy atom. The highest BCUT2D eigenvalue weighted by Gasteiger charge is 2.04. The minimum atomic E-state index is -0.343. The summed E-state index contributed by atoms with van der Waals surface area (Å²) in [6.07, 6.45) is 0. The zero-order valence-corrected chi connectivity index (χ0v) is 9.19. The fraction of sp³-hybridized carbons (Fsp3) is 0.0714. The van der Waals surface area contributed by atoms with Gasteiger partial charge in [0, 0.05) is 12.1 Å². The molecular formula is C14H12FNO. The lowest BCUT2D eigenvalue weighted by Crippen LogP contribution is -2.22. The van der Waals surface area contributed by atoms with Gasteiger partial charge >= 0.3 is 0 Å². The van der Waals surface area contributed by atoms with Gasteiger partial charge in [-0.05, 0) is 29.8 Å². The van der Waals surface area contributed by atoms with Crippen LogP contribution in [-0.2, 0) is 6.54 Å². The molecule has 0 saturated heterocycles. The van der Waals surface area contributed by atoms with Crippen LogP contribution in [0.5, 0.6) is 0 Å². The van der Waals surface area contributed by atoms with Crippen molar-refractivity contribution in [2.24, 2.45) is 0 Å². The molecule has 0 atom stereocenters. The molecule has 0 fully saturated rings. The Bertz CT molecular complexity index is 493. The molecular weight excluding hydrogens is 216 g/mol. The maximum atomic E-state index is 12.7. The molecule has 2 nitrogen and oxygen atoms in total. The second-order valence-corrected chi connectivity index (χ2v) is 3.68. The van der Waals surface area contributed by atoms with Crippen LogP contribution in [0.1, 0.15) is 15.9 Å². The molecule has 0 unspecified atom stereocenters. The predicted molar refractivity (Wildman–Crippen MR) is 64.0 cm³/mol. The third kappa shape index (κ3) is 3.14. The molecule has 3 heteroatoms. The van der Waals surface area contributed by atoms with Crippen LogP contribution in [0.25, 0.3) is 0 Å². The fourth-order valence-electron chi connectivity index (χ4n) is 1.48. The number of nitrogens with one attached hydrogen (secondary N) is 1. The minimum Gasteiger partial charge on any atom is -0.348 e. The van der Waals surface area contributed by atoms with Gasteiger partial charge in [-0.1, -0.05) is 30.3 Å². The number of amides is 1. The van der Waals surface area contributed by atoms with Crippen molar-refractivity contribution in [3.05, 3.63) is 71.5 Å². The van der Waals surface area contributed by atoms with Crippen LogP contribution in [0.2, 0.25) is 0 Å². The average Bonchev–Trinajstić information content (AvgIpc) is 2.38. The van der Waals surface area contributed by atoms with Gasteiger partial charge in [0.15, 0.2) is 0 Å². The van der Waals surface area contributed by atoms with Gasteiger partial charge in [0.05, 0.1) is 0 Å². The summed E-state index contributed by atoms with van der Waals surface area (Å²) in [4.78, 5) is 11.7. The molecule has 0 radical (unpaired) electrons. The number of halogens is 1. The maximum Gasteiger partial charge on any atom is 0.251 e. The van der Waals surface area contributed by atoms with Crippen molar-refractivity contribution in [1.29, 1.82) is 0 Å². The monoisotopic (exact) mass is 228 g/mol. The summed E-state index contributed by atoms with van der Waals surface area (Å²) in [7, 11) is 0. The molecule has 2 rings (SSSR count). The Kier molecular flexibility index (Phi) is 3.50. The molecule has 0 bridgehead atoms. The summed E-state index contributed by atoms with van der Waals surface area (Å²) >= 11 is 0. The van der Waals surface area contributed by atoms with E-state index in [0.29, 0.717) is 12.1 Å². The van der Waals surface area contributed by atoms with Gasteiger partial charge < -0.3 is 5.32 Å². The van der Waals surface area contributed by atoms with E-state index < -0.39 is 0 Å². The third-order valence-electron chi connectivity index (χ3n) is 2.40. The normalized spacial score (nSPS) is 9.94. The first-order valence-electron chi connectivity index (χ1n) is 5.33. The standard InChI is InChI=1S/C14H12FNO/c15-13-8-6-12(7-9-13)14(17)16-10-11-4-2-1-3-5-11/h1-9H,10H2,(H,16,17)/i14-1. The number of carbonyl (C=O) groups excluding carboxylic acids is 1. The molecule has 1 N–H and O–H groups in total. The molecule has 2 aromatic carbocycles. The van der Waals surface area contributed by atoms with Crippen molar-refractivity contribution in [3.8, 4) is 0 Å². The lowest BCUT2D eigenvalue weighted by molar-refractivity contribution is 0.0951. The molecule has 17 heavy (non-hydrogen) atoms. The van der Waals surface area contributed by atoms with E-state index in [4.69, 9.17) is 0 Å². The Morgan fingerprint density at radius 1 is 1.00 bits per heavy atom. The van der Waals surface area contributed by atoms with Crippen molar-refractivity contribution in [1.82, 2.24) is 5.32 Å². The second kappa shape index (κ2) is 5.25. The van der Waals surface area contributed by atoms with E-state index in [2.05, 4.69) is 5.32 Å². The molecule has 0 aliphatic rings. The number of carbonyl (C=O) groups is 1. The van der Waals surface area contributed by atoms with E-state index in [9.17, 15) is 9.18 Å². The summed E-state index contributed by atoms with van der Waals surface area (Å²) in [5, 5.41) is 2.77. The summed E-state index contributed by atoms with van der Waals surface area (Å²) in [5.74, 6) is -0.543. The number of hydrogen-bond acceptors (Lipinski definition) is 1. The zero-order chi connectivity index (χ0) is 12.1. The van der Waals surface area contributed by atoms with E-state index in [1.165, 1.54) is 24.3 Å². The lowest BCUT2D eigenvalue weighted by Gasteiger charge is -2.05. The van der Waals surface area contributed by atoms with Crippen molar-refractivity contribution in [3.63, 3.8) is 0 Å². The highest BCUT2D eigenvalue weighted by Crippen LogP contribution is 2.03. The number of hydrogen-bond donors (Lipinski definition) is 1. The fourth-order valence-corrected chi connectivity index (χ4v) is 1.48. The van der Waals surface area contributed by atoms with Gasteiger partial charge in [0.1, 0.15) is 5.82 Å². The SMILES string of the molecule is O=[11C](NCc1ccccc1)c1ccc(F)cc1. The van der Waals surface area contributed by atoms with Crippen LogP contribution in [-0.4, -0.2) is 5.91 Å². The zero-order valence-electron chi connectivity index (χ0n) is 9.19. The van der Waals surface area contributed by atoms with Crippen molar-refractivity contribution in [2.75, 3.05) is 0 Å². The van der Waals surface area contributed by atoms with Gasteiger partial charge in [0.25, 0.3) is 5.91 Å². The minimum absolute atomic E-state index is 0.200. The van der Waals surface area contributed by atoms with Crippen molar-refractivity contribution >= 4 is 5.91 Å². The Hall–Kier alpha value is -2.16. The average molecular weight is 228 g/mol. The van der Waals surface area contributed by atoms with Crippen LogP contribution in [0.15, 0.2) is 54.6 Å². The predicted octanol–water partition coefficient (Wildman–Crippen LogP) is 2.76. The van der Waals surface area contributed by atoms with Crippen LogP contribution < -0.4 is 5.32 Å². The van der Waals surface area contributed by atoms with Gasteiger partial charge in [-0.3, -0.25) is 4.79 Å². The third-order valence-corrected chi connectivity index (χ3v) is 2.40. The summed E-state index contributed by atoms with van der Waals surface area (Å²) in [6, 6.07) is 15.1. The topological polar surface area (TPSA) is 29.1 Å². The molecule has 1 amide bonds. The molecule has 2 aromatic rings. The molecule has 0 aliphatic heterocycles. The first-order valence-corrected chi connectivity index (χ1v) is 5.33. The molecule has 0 saturated carbocycles. The summed E-state index contributed by atoms with van der Waals surface area (Å²) < 4.78 is 12.7. The Labute approximate surface area is 99.1 Å². The molecule has 86 valence electrons. The first-order chi connectivity index (χ1) is 8.25. The summed E-state index contributed by atoms with van der Waals surface area (Å²) in [5.41, 5.74) is 1.49. The summed E-state index contributed by atoms with van der Waals surface area (Å²) in [6.45, 7) is 0.469. The van der Waals surface area contributed by atoms with Gasteiger partial charge in [-0.2, -0.15) is 0 Å². The largest absolute Gasteiger partial charge is 0.348 e. The van der Waals surface area contributed by atoms with E-state index in [1.807, 2.05) is 30.3 Å². The Morgan fingerprint density at radius 3 is 2.29 bits per heavy atom. The van der Waals surface area contributed by atoms with Gasteiger partial charge in [-0.25, -0.2) is 4.39 Å². The number of rotatable bonds is 3. The van der Waals surface area contributed by atoms with Gasteiger partial charge in [-0.15, -0.1) is 0 Å². The van der Waals surface area contributed by atoms with Crippen LogP contribution in [0.3, 0.4) is 0 Å². The van der Waals surface area contributed by atoms with E-state index in [0.717, 1.165) is 5.56 Å². The van der Waals surface area contributed by atoms with Crippen LogP contribution in [0.4, 0.5) is 4.39 Å². The van der Waals surface area contributed by atoms with E-state index >= 15 is 0 Å². The molecule has 0 spiro atoms. The molecule has 0 heterocycles. The number of benzene rings is 2. The smallest absolute Gasteiger partial charge is 0.251 e. The van der Waals surface area contributed by atoms with Gasteiger partial charge in [0.2, 0.25) is 0 Å². The highest BCUT2D eigenvalue weighted by atomic mass is 19.1. The van der Waals surface area contributed by atoms with E-state index in [-0.39, 0.29) is 11.7 Å². The van der Waals surface area contributed by atoms with Crippen molar-refractivity contribution < 1.29 is 9.18 Å². The molecule has 0 aliphatic carbocycles. The van der Waals surface area contributed by atoms with E-state index in [1.54, 1.807) is 0 Å². The quantitative estimate of drug-likeness (QED) is 0.859. The highest BCUT2D eigenvalue weighted by molar-refractivity contribution is 5.94.